The molecule has 9 heteroatoms. The number of hydrogen-bond donors (Lipinski definition) is 1. The van der Waals surface area contributed by atoms with E-state index in [-0.39, 0.29) is 12.4 Å². The van der Waals surface area contributed by atoms with Crippen molar-refractivity contribution in [2.24, 2.45) is 35.5 Å². The largest absolute Gasteiger partial charge is 0.396 e. The summed E-state index contributed by atoms with van der Waals surface area (Å²) in [6.07, 6.45) is 5.30. The van der Waals surface area contributed by atoms with Gasteiger partial charge in [-0.2, -0.15) is 8.42 Å². The van der Waals surface area contributed by atoms with Gasteiger partial charge in [0.2, 0.25) is 0 Å². The summed E-state index contributed by atoms with van der Waals surface area (Å²) in [5, 5.41) is 9.04. The average molecular weight is 419 g/mol. The zero-order chi connectivity index (χ0) is 19.6. The van der Waals surface area contributed by atoms with Crippen molar-refractivity contribution in [2.45, 2.75) is 37.3 Å². The van der Waals surface area contributed by atoms with E-state index in [2.05, 4.69) is 0 Å². The summed E-state index contributed by atoms with van der Waals surface area (Å²) < 4.78 is 49.4. The Hall–Kier alpha value is -0.290. The fourth-order valence-corrected chi connectivity index (χ4v) is 6.75. The van der Waals surface area contributed by atoms with Gasteiger partial charge in [0, 0.05) is 31.3 Å². The molecule has 0 radical (unpaired) electrons. The molecule has 6 atom stereocenters. The Balaban J connectivity index is 0.000000127. The number of hydrogen-bond acceptors (Lipinski definition) is 8. The van der Waals surface area contributed by atoms with Crippen LogP contribution in [0.4, 0.5) is 0 Å². The maximum atomic E-state index is 10.9. The molecule has 28 heavy (non-hydrogen) atoms. The molecule has 6 fully saturated rings. The highest BCUT2D eigenvalue weighted by atomic mass is 32.2. The molecule has 0 amide bonds. The van der Waals surface area contributed by atoms with Crippen LogP contribution in [0, 0.1) is 35.5 Å². The van der Waals surface area contributed by atoms with E-state index in [0.717, 1.165) is 38.7 Å². The van der Waals surface area contributed by atoms with Crippen LogP contribution in [-0.2, 0) is 33.2 Å². The Morgan fingerprint density at radius 3 is 1.79 bits per heavy atom. The predicted molar refractivity (Wildman–Crippen MR) is 96.6 cm³/mol. The summed E-state index contributed by atoms with van der Waals surface area (Å²) in [4.78, 5) is 0. The lowest BCUT2D eigenvalue weighted by atomic mass is 10.1. The molecule has 0 aromatic heterocycles. The number of aliphatic hydroxyl groups excluding tert-OH is 1. The van der Waals surface area contributed by atoms with E-state index >= 15 is 0 Å². The van der Waals surface area contributed by atoms with Crippen molar-refractivity contribution in [3.05, 3.63) is 0 Å². The van der Waals surface area contributed by atoms with Gasteiger partial charge in [0.15, 0.2) is 11.6 Å². The molecule has 0 aromatic rings. The van der Waals surface area contributed by atoms with Gasteiger partial charge >= 0.3 is 0 Å². The molecule has 8 nitrogen and oxygen atoms in total. The third kappa shape index (κ3) is 3.23. The summed E-state index contributed by atoms with van der Waals surface area (Å²) in [5.41, 5.74) is 0. The van der Waals surface area contributed by atoms with E-state index in [1.807, 2.05) is 0 Å². The maximum Gasteiger partial charge on any atom is 0.264 e. The molecule has 0 unspecified atom stereocenters. The normalized spacial score (nSPS) is 43.6. The van der Waals surface area contributed by atoms with E-state index in [0.29, 0.717) is 55.3 Å². The van der Waals surface area contributed by atoms with Gasteiger partial charge < -0.3 is 24.1 Å². The van der Waals surface area contributed by atoms with Gasteiger partial charge in [-0.05, 0) is 36.5 Å². The Kier molecular flexibility index (Phi) is 4.82. The molecular weight excluding hydrogens is 388 g/mol. The molecule has 0 aromatic carbocycles. The minimum absolute atomic E-state index is 0.266. The van der Waals surface area contributed by atoms with Gasteiger partial charge in [-0.1, -0.05) is 0 Å². The van der Waals surface area contributed by atoms with E-state index in [9.17, 15) is 8.42 Å². The van der Waals surface area contributed by atoms with Crippen LogP contribution in [0.5, 0.6) is 0 Å². The Morgan fingerprint density at radius 1 is 0.893 bits per heavy atom. The standard InChI is InChI=1S/C10H16O5S.C9H14O3/c1-16(11,12)15-6-8-7-2-3-10(9(7)8)13-4-5-14-10;10-5-7-6-1-2-9(8(6)7)11-3-4-12-9/h7-9H,2-6H2,1H3;6-8,10H,1-5H2/t7-,8+,9-;6-,7+,8-/m00/s1. The van der Waals surface area contributed by atoms with Gasteiger partial charge in [0.1, 0.15) is 0 Å². The van der Waals surface area contributed by atoms with Crippen LogP contribution < -0.4 is 0 Å². The van der Waals surface area contributed by atoms with E-state index in [1.165, 1.54) is 6.42 Å². The molecule has 6 aliphatic rings. The van der Waals surface area contributed by atoms with Crippen molar-refractivity contribution in [2.75, 3.05) is 45.9 Å². The second-order valence-corrected chi connectivity index (χ2v) is 10.6. The SMILES string of the molecule is CS(=O)(=O)OC[C@@H]1[C@@H]2CCC3(OCCO3)[C@H]12.OC[C@@H]1[C@@H]2CCC3(OCCO3)[C@H]12. The van der Waals surface area contributed by atoms with Gasteiger partial charge in [-0.15, -0.1) is 0 Å². The van der Waals surface area contributed by atoms with Gasteiger partial charge in [0.05, 0.1) is 39.3 Å². The van der Waals surface area contributed by atoms with Crippen molar-refractivity contribution in [3.8, 4) is 0 Å². The minimum Gasteiger partial charge on any atom is -0.396 e. The molecule has 6 rings (SSSR count). The molecule has 4 aliphatic carbocycles. The van der Waals surface area contributed by atoms with Gasteiger partial charge in [0.25, 0.3) is 10.1 Å². The fraction of sp³-hybridized carbons (Fsp3) is 1.00. The zero-order valence-electron chi connectivity index (χ0n) is 16.2. The van der Waals surface area contributed by atoms with Crippen molar-refractivity contribution < 1.29 is 36.7 Å². The topological polar surface area (TPSA) is 101 Å². The first-order chi connectivity index (χ1) is 13.4. The molecule has 2 spiro atoms. The first-order valence-corrected chi connectivity index (χ1v) is 12.2. The quantitative estimate of drug-likeness (QED) is 0.668. The third-order valence-corrected chi connectivity index (χ3v) is 8.13. The summed E-state index contributed by atoms with van der Waals surface area (Å²) in [6, 6.07) is 0. The van der Waals surface area contributed by atoms with Crippen molar-refractivity contribution >= 4 is 10.1 Å². The van der Waals surface area contributed by atoms with Crippen LogP contribution in [0.3, 0.4) is 0 Å². The van der Waals surface area contributed by atoms with Crippen molar-refractivity contribution in [3.63, 3.8) is 0 Å². The van der Waals surface area contributed by atoms with Crippen molar-refractivity contribution in [1.82, 2.24) is 0 Å². The highest BCUT2D eigenvalue weighted by Crippen LogP contribution is 2.65. The first kappa shape index (κ1) is 19.7. The number of fused-ring (bicyclic) bond motifs is 4. The fourth-order valence-electron chi connectivity index (χ4n) is 6.34. The predicted octanol–water partition coefficient (Wildman–Crippen LogP) is 0.740. The van der Waals surface area contributed by atoms with Crippen LogP contribution in [-0.4, -0.2) is 71.0 Å². The monoisotopic (exact) mass is 418 g/mol. The van der Waals surface area contributed by atoms with Gasteiger partial charge in [-0.3, -0.25) is 4.18 Å². The lowest BCUT2D eigenvalue weighted by molar-refractivity contribution is -0.171. The van der Waals surface area contributed by atoms with Gasteiger partial charge in [-0.25, -0.2) is 0 Å². The molecule has 160 valence electrons. The number of ether oxygens (including phenoxy) is 4. The highest BCUT2D eigenvalue weighted by Gasteiger charge is 2.69. The second-order valence-electron chi connectivity index (χ2n) is 8.97. The lowest BCUT2D eigenvalue weighted by Gasteiger charge is -2.24. The maximum absolute atomic E-state index is 10.9. The van der Waals surface area contributed by atoms with Crippen LogP contribution >= 0.6 is 0 Å². The molecule has 0 bridgehead atoms. The molecule has 2 saturated heterocycles. The summed E-state index contributed by atoms with van der Waals surface area (Å²) in [7, 11) is -3.33. The molecule has 2 aliphatic heterocycles. The molecule has 4 saturated carbocycles. The number of aliphatic hydroxyl groups is 1. The van der Waals surface area contributed by atoms with Crippen LogP contribution in [0.25, 0.3) is 0 Å². The lowest BCUT2D eigenvalue weighted by Crippen LogP contribution is -2.32. The van der Waals surface area contributed by atoms with Crippen molar-refractivity contribution in [1.29, 1.82) is 0 Å². The molecular formula is C19H30O8S. The average Bonchev–Trinajstić information content (AvgIpc) is 3.16. The Bertz CT molecular complexity index is 682. The van der Waals surface area contributed by atoms with Crippen LogP contribution in [0.1, 0.15) is 25.7 Å². The summed E-state index contributed by atoms with van der Waals surface area (Å²) in [6.45, 7) is 3.38. The van der Waals surface area contributed by atoms with Crippen LogP contribution in [0.15, 0.2) is 0 Å². The van der Waals surface area contributed by atoms with E-state index in [1.54, 1.807) is 0 Å². The second kappa shape index (κ2) is 6.87. The third-order valence-electron chi connectivity index (χ3n) is 7.57. The zero-order valence-corrected chi connectivity index (χ0v) is 17.1. The smallest absolute Gasteiger partial charge is 0.264 e. The van der Waals surface area contributed by atoms with Crippen LogP contribution in [0.2, 0.25) is 0 Å². The van der Waals surface area contributed by atoms with E-state index in [4.69, 9.17) is 28.2 Å². The Morgan fingerprint density at radius 2 is 1.36 bits per heavy atom. The summed E-state index contributed by atoms with van der Waals surface area (Å²) in [5.74, 6) is 2.15. The Labute approximate surface area is 165 Å². The van der Waals surface area contributed by atoms with E-state index < -0.39 is 15.9 Å². The highest BCUT2D eigenvalue weighted by molar-refractivity contribution is 7.85. The molecule has 2 heterocycles. The first-order valence-electron chi connectivity index (χ1n) is 10.4. The summed E-state index contributed by atoms with van der Waals surface area (Å²) >= 11 is 0. The number of rotatable bonds is 4. The minimum atomic E-state index is -3.33. The molecule has 1 N–H and O–H groups in total.